The molecular weight excluding hydrogens is 196 g/mol. The Labute approximate surface area is 89.1 Å². The molecule has 14 heavy (non-hydrogen) atoms. The Morgan fingerprint density at radius 2 is 2.14 bits per heavy atom. The van der Waals surface area contributed by atoms with Gasteiger partial charge in [-0.2, -0.15) is 0 Å². The molecule has 1 saturated carbocycles. The lowest BCUT2D eigenvalue weighted by molar-refractivity contribution is -0.121. The number of ketones is 1. The lowest BCUT2D eigenvalue weighted by atomic mass is 9.83. The minimum Gasteiger partial charge on any atom is -0.299 e. The van der Waals surface area contributed by atoms with Gasteiger partial charge in [0.15, 0.2) is 0 Å². The van der Waals surface area contributed by atoms with Crippen LogP contribution in [0.1, 0.15) is 37.2 Å². The highest BCUT2D eigenvalue weighted by molar-refractivity contribution is 6.30. The molecule has 2 rings (SSSR count). The highest BCUT2D eigenvalue weighted by Crippen LogP contribution is 2.30. The molecule has 0 spiro atoms. The van der Waals surface area contributed by atoms with E-state index in [0.717, 1.165) is 36.3 Å². The highest BCUT2D eigenvalue weighted by Gasteiger charge is 2.23. The molecule has 0 bridgehead atoms. The average molecular weight is 209 g/mol. The topological polar surface area (TPSA) is 17.1 Å². The third-order valence-electron chi connectivity index (χ3n) is 2.81. The molecular formula is C12H13ClO. The predicted molar refractivity (Wildman–Crippen MR) is 57.7 cm³/mol. The first-order valence-corrected chi connectivity index (χ1v) is 5.43. The summed E-state index contributed by atoms with van der Waals surface area (Å²) < 4.78 is 0. The Hall–Kier alpha value is -0.820. The number of rotatable bonds is 1. The second-order valence-electron chi connectivity index (χ2n) is 3.82. The predicted octanol–water partition coefficient (Wildman–Crippen LogP) is 3.57. The molecule has 0 N–H and O–H groups in total. The zero-order valence-corrected chi connectivity index (χ0v) is 8.76. The molecule has 0 heterocycles. The fourth-order valence-corrected chi connectivity index (χ4v) is 2.26. The standard InChI is InChI=1S/C12H13ClO/c13-10-5-3-4-9(8-10)11-6-1-2-7-12(11)14/h3-5,8,11H,1-2,6-7H2. The van der Waals surface area contributed by atoms with Crippen molar-refractivity contribution in [1.82, 2.24) is 0 Å². The molecule has 74 valence electrons. The first kappa shape index (κ1) is 9.72. The third-order valence-corrected chi connectivity index (χ3v) is 3.04. The molecule has 1 nitrogen and oxygen atoms in total. The molecule has 1 unspecified atom stereocenters. The van der Waals surface area contributed by atoms with E-state index in [4.69, 9.17) is 11.6 Å². The molecule has 1 atom stereocenters. The Morgan fingerprint density at radius 1 is 1.29 bits per heavy atom. The molecule has 2 heteroatoms. The normalized spacial score (nSPS) is 22.4. The van der Waals surface area contributed by atoms with E-state index < -0.39 is 0 Å². The average Bonchev–Trinajstić information content (AvgIpc) is 2.18. The van der Waals surface area contributed by atoms with Gasteiger partial charge in [-0.1, -0.05) is 30.2 Å². The second kappa shape index (κ2) is 4.14. The van der Waals surface area contributed by atoms with E-state index in [9.17, 15) is 4.79 Å². The van der Waals surface area contributed by atoms with Crippen molar-refractivity contribution < 1.29 is 4.79 Å². The van der Waals surface area contributed by atoms with Gasteiger partial charge in [0, 0.05) is 17.4 Å². The molecule has 1 fully saturated rings. The first-order chi connectivity index (χ1) is 6.77. The lowest BCUT2D eigenvalue weighted by Crippen LogP contribution is -2.16. The molecule has 1 aromatic rings. The van der Waals surface area contributed by atoms with E-state index >= 15 is 0 Å². The maximum atomic E-state index is 11.7. The van der Waals surface area contributed by atoms with Crippen LogP contribution in [0.3, 0.4) is 0 Å². The SMILES string of the molecule is O=C1CCCCC1c1cccc(Cl)c1. The van der Waals surface area contributed by atoms with E-state index in [1.54, 1.807) is 0 Å². The van der Waals surface area contributed by atoms with Crippen molar-refractivity contribution in [3.8, 4) is 0 Å². The van der Waals surface area contributed by atoms with E-state index in [-0.39, 0.29) is 5.92 Å². The summed E-state index contributed by atoms with van der Waals surface area (Å²) in [6.07, 6.45) is 3.93. The summed E-state index contributed by atoms with van der Waals surface area (Å²) in [7, 11) is 0. The fourth-order valence-electron chi connectivity index (χ4n) is 2.06. The van der Waals surface area contributed by atoms with Crippen molar-refractivity contribution in [3.63, 3.8) is 0 Å². The fraction of sp³-hybridized carbons (Fsp3) is 0.417. The van der Waals surface area contributed by atoms with Crippen molar-refractivity contribution in [3.05, 3.63) is 34.9 Å². The Morgan fingerprint density at radius 3 is 2.86 bits per heavy atom. The van der Waals surface area contributed by atoms with Crippen LogP contribution in [0.4, 0.5) is 0 Å². The van der Waals surface area contributed by atoms with Crippen LogP contribution in [-0.4, -0.2) is 5.78 Å². The van der Waals surface area contributed by atoms with Crippen LogP contribution in [0.25, 0.3) is 0 Å². The first-order valence-electron chi connectivity index (χ1n) is 5.05. The molecule has 0 aromatic heterocycles. The maximum Gasteiger partial charge on any atom is 0.140 e. The molecule has 0 radical (unpaired) electrons. The largest absolute Gasteiger partial charge is 0.299 e. The highest BCUT2D eigenvalue weighted by atomic mass is 35.5. The number of benzene rings is 1. The lowest BCUT2D eigenvalue weighted by Gasteiger charge is -2.20. The summed E-state index contributed by atoms with van der Waals surface area (Å²) in [5, 5.41) is 0.723. The second-order valence-corrected chi connectivity index (χ2v) is 4.26. The Kier molecular flexibility index (Phi) is 2.87. The summed E-state index contributed by atoms with van der Waals surface area (Å²) in [4.78, 5) is 11.7. The van der Waals surface area contributed by atoms with Gasteiger partial charge < -0.3 is 0 Å². The van der Waals surface area contributed by atoms with E-state index in [1.807, 2.05) is 24.3 Å². The van der Waals surface area contributed by atoms with Gasteiger partial charge in [-0.3, -0.25) is 4.79 Å². The summed E-state index contributed by atoms with van der Waals surface area (Å²) in [6, 6.07) is 7.67. The summed E-state index contributed by atoms with van der Waals surface area (Å²) in [5.41, 5.74) is 1.09. The van der Waals surface area contributed by atoms with Gasteiger partial charge in [-0.05, 0) is 30.5 Å². The number of hydrogen-bond donors (Lipinski definition) is 0. The summed E-state index contributed by atoms with van der Waals surface area (Å²) in [6.45, 7) is 0. The maximum absolute atomic E-state index is 11.7. The molecule has 1 aliphatic rings. The Balaban J connectivity index is 2.24. The zero-order chi connectivity index (χ0) is 9.97. The summed E-state index contributed by atoms with van der Waals surface area (Å²) >= 11 is 5.90. The molecule has 0 saturated heterocycles. The van der Waals surface area contributed by atoms with Gasteiger partial charge in [0.2, 0.25) is 0 Å². The van der Waals surface area contributed by atoms with Gasteiger partial charge >= 0.3 is 0 Å². The van der Waals surface area contributed by atoms with Crippen molar-refractivity contribution >= 4 is 17.4 Å². The van der Waals surface area contributed by atoms with E-state index in [2.05, 4.69) is 0 Å². The van der Waals surface area contributed by atoms with Gasteiger partial charge in [0.05, 0.1) is 0 Å². The molecule has 1 aromatic carbocycles. The van der Waals surface area contributed by atoms with Crippen LogP contribution in [0.2, 0.25) is 5.02 Å². The van der Waals surface area contributed by atoms with Crippen molar-refractivity contribution in [1.29, 1.82) is 0 Å². The minimum absolute atomic E-state index is 0.0995. The van der Waals surface area contributed by atoms with Crippen LogP contribution >= 0.6 is 11.6 Å². The van der Waals surface area contributed by atoms with E-state index in [1.165, 1.54) is 0 Å². The number of Topliss-reactive ketones (excluding diaryl/α,β-unsaturated/α-hetero) is 1. The van der Waals surface area contributed by atoms with Crippen LogP contribution in [-0.2, 0) is 4.79 Å². The number of carbonyl (C=O) groups is 1. The van der Waals surface area contributed by atoms with E-state index in [0.29, 0.717) is 5.78 Å². The number of hydrogen-bond acceptors (Lipinski definition) is 1. The van der Waals surface area contributed by atoms with Crippen molar-refractivity contribution in [2.24, 2.45) is 0 Å². The van der Waals surface area contributed by atoms with Gasteiger partial charge in [0.1, 0.15) is 5.78 Å². The zero-order valence-electron chi connectivity index (χ0n) is 8.00. The van der Waals surface area contributed by atoms with Gasteiger partial charge in [-0.15, -0.1) is 0 Å². The molecule has 0 amide bonds. The van der Waals surface area contributed by atoms with Crippen LogP contribution in [0, 0.1) is 0 Å². The Bertz CT molecular complexity index is 346. The number of halogens is 1. The summed E-state index contributed by atoms with van der Waals surface area (Å²) in [5.74, 6) is 0.473. The van der Waals surface area contributed by atoms with Crippen LogP contribution in [0.5, 0.6) is 0 Å². The van der Waals surface area contributed by atoms with Gasteiger partial charge in [0.25, 0.3) is 0 Å². The minimum atomic E-state index is 0.0995. The van der Waals surface area contributed by atoms with Crippen molar-refractivity contribution in [2.75, 3.05) is 0 Å². The molecule has 1 aliphatic carbocycles. The number of carbonyl (C=O) groups excluding carboxylic acids is 1. The molecule has 0 aliphatic heterocycles. The van der Waals surface area contributed by atoms with Gasteiger partial charge in [-0.25, -0.2) is 0 Å². The van der Waals surface area contributed by atoms with Crippen LogP contribution in [0.15, 0.2) is 24.3 Å². The smallest absolute Gasteiger partial charge is 0.140 e. The third kappa shape index (κ3) is 1.98. The quantitative estimate of drug-likeness (QED) is 0.690. The van der Waals surface area contributed by atoms with Crippen molar-refractivity contribution in [2.45, 2.75) is 31.6 Å². The van der Waals surface area contributed by atoms with Crippen LogP contribution < -0.4 is 0 Å². The monoisotopic (exact) mass is 208 g/mol.